The summed E-state index contributed by atoms with van der Waals surface area (Å²) >= 11 is 0. The smallest absolute Gasteiger partial charge is 0.0885 e. The topological polar surface area (TPSA) is 25.8 Å². The lowest BCUT2D eigenvalue weighted by atomic mass is 10.0. The summed E-state index contributed by atoms with van der Waals surface area (Å²) in [5.74, 6) is 0. The van der Waals surface area contributed by atoms with Crippen LogP contribution in [0.3, 0.4) is 0 Å². The molecule has 0 aliphatic heterocycles. The predicted octanol–water partition coefficient (Wildman–Crippen LogP) is 8.56. The molecule has 0 saturated carbocycles. The first-order valence-corrected chi connectivity index (χ1v) is 13.3. The standard InChI is InChI=1S/C31H42N2/c1-3-5-7-9-11-13-26-14-16-28(17-15-26)20-23-30-24-33-31(25-32-30)29-21-18-27(19-22-29)12-10-8-6-4-2/h14-19,21-22,24-25H,3-13,20,23H2,1-2H3. The molecule has 0 saturated heterocycles. The third-order valence-electron chi connectivity index (χ3n) is 6.54. The second-order valence-electron chi connectivity index (χ2n) is 9.38. The second kappa shape index (κ2) is 14.6. The molecule has 0 spiro atoms. The fraction of sp³-hybridized carbons (Fsp3) is 0.484. The molecule has 2 aromatic carbocycles. The van der Waals surface area contributed by atoms with E-state index in [1.165, 1.54) is 87.3 Å². The Morgan fingerprint density at radius 3 is 1.55 bits per heavy atom. The molecule has 0 aliphatic rings. The molecule has 0 bridgehead atoms. The number of hydrogen-bond donors (Lipinski definition) is 0. The van der Waals surface area contributed by atoms with Crippen molar-refractivity contribution in [1.82, 2.24) is 9.97 Å². The summed E-state index contributed by atoms with van der Waals surface area (Å²) in [5, 5.41) is 0. The lowest BCUT2D eigenvalue weighted by molar-refractivity contribution is 0.632. The van der Waals surface area contributed by atoms with Gasteiger partial charge in [-0.05, 0) is 55.2 Å². The molecule has 0 radical (unpaired) electrons. The van der Waals surface area contributed by atoms with Crippen LogP contribution in [0.5, 0.6) is 0 Å². The van der Waals surface area contributed by atoms with Gasteiger partial charge in [0.15, 0.2) is 0 Å². The fourth-order valence-electron chi connectivity index (χ4n) is 4.31. The van der Waals surface area contributed by atoms with Crippen molar-refractivity contribution in [2.75, 3.05) is 0 Å². The summed E-state index contributed by atoms with van der Waals surface area (Å²) < 4.78 is 0. The third-order valence-corrected chi connectivity index (χ3v) is 6.54. The highest BCUT2D eigenvalue weighted by Crippen LogP contribution is 2.19. The Balaban J connectivity index is 1.43. The zero-order chi connectivity index (χ0) is 23.1. The van der Waals surface area contributed by atoms with E-state index >= 15 is 0 Å². The van der Waals surface area contributed by atoms with Crippen molar-refractivity contribution < 1.29 is 0 Å². The van der Waals surface area contributed by atoms with Gasteiger partial charge in [0.05, 0.1) is 17.6 Å². The molecular weight excluding hydrogens is 400 g/mol. The number of aryl methyl sites for hydroxylation is 4. The maximum atomic E-state index is 4.68. The molecule has 3 aromatic rings. The van der Waals surface area contributed by atoms with Gasteiger partial charge in [-0.25, -0.2) is 0 Å². The average molecular weight is 443 g/mol. The highest BCUT2D eigenvalue weighted by Gasteiger charge is 2.03. The van der Waals surface area contributed by atoms with E-state index in [2.05, 4.69) is 72.3 Å². The van der Waals surface area contributed by atoms with Gasteiger partial charge in [0.1, 0.15) is 0 Å². The van der Waals surface area contributed by atoms with Gasteiger partial charge < -0.3 is 0 Å². The van der Waals surface area contributed by atoms with Crippen molar-refractivity contribution in [2.24, 2.45) is 0 Å². The van der Waals surface area contributed by atoms with Gasteiger partial charge in [0, 0.05) is 11.8 Å². The zero-order valence-corrected chi connectivity index (χ0v) is 20.9. The van der Waals surface area contributed by atoms with Crippen LogP contribution in [-0.4, -0.2) is 9.97 Å². The molecule has 2 heteroatoms. The average Bonchev–Trinajstić information content (AvgIpc) is 2.87. The van der Waals surface area contributed by atoms with Crippen molar-refractivity contribution in [3.05, 3.63) is 83.3 Å². The van der Waals surface area contributed by atoms with E-state index in [-0.39, 0.29) is 0 Å². The van der Waals surface area contributed by atoms with Crippen LogP contribution in [0.25, 0.3) is 11.3 Å². The molecule has 0 atom stereocenters. The first-order chi connectivity index (χ1) is 16.3. The lowest BCUT2D eigenvalue weighted by Crippen LogP contribution is -1.97. The third kappa shape index (κ3) is 9.12. The summed E-state index contributed by atoms with van der Waals surface area (Å²) in [7, 11) is 0. The van der Waals surface area contributed by atoms with Gasteiger partial charge in [-0.1, -0.05) is 107 Å². The van der Waals surface area contributed by atoms with Crippen LogP contribution in [0.4, 0.5) is 0 Å². The summed E-state index contributed by atoms with van der Waals surface area (Å²) in [5.41, 5.74) is 7.43. The molecule has 0 N–H and O–H groups in total. The minimum Gasteiger partial charge on any atom is -0.257 e. The van der Waals surface area contributed by atoms with Crippen LogP contribution in [0, 0.1) is 0 Å². The van der Waals surface area contributed by atoms with Crippen LogP contribution in [0.1, 0.15) is 94.0 Å². The van der Waals surface area contributed by atoms with E-state index in [0.717, 1.165) is 29.8 Å². The predicted molar refractivity (Wildman–Crippen MR) is 142 cm³/mol. The molecule has 1 heterocycles. The van der Waals surface area contributed by atoms with Crippen molar-refractivity contribution in [1.29, 1.82) is 0 Å². The maximum absolute atomic E-state index is 4.68. The Morgan fingerprint density at radius 1 is 0.485 bits per heavy atom. The van der Waals surface area contributed by atoms with E-state index in [1.54, 1.807) is 0 Å². The van der Waals surface area contributed by atoms with Crippen LogP contribution in [0.15, 0.2) is 60.9 Å². The van der Waals surface area contributed by atoms with E-state index in [1.807, 2.05) is 12.4 Å². The Labute approximate surface area is 201 Å². The number of hydrogen-bond acceptors (Lipinski definition) is 2. The molecular formula is C31H42N2. The number of nitrogens with zero attached hydrogens (tertiary/aromatic N) is 2. The molecule has 0 fully saturated rings. The minimum atomic E-state index is 0.931. The summed E-state index contributed by atoms with van der Waals surface area (Å²) in [6.45, 7) is 4.53. The van der Waals surface area contributed by atoms with Gasteiger partial charge >= 0.3 is 0 Å². The molecule has 3 rings (SSSR count). The van der Waals surface area contributed by atoms with E-state index in [0.29, 0.717) is 0 Å². The second-order valence-corrected chi connectivity index (χ2v) is 9.38. The Hall–Kier alpha value is -2.48. The molecule has 0 amide bonds. The maximum Gasteiger partial charge on any atom is 0.0885 e. The summed E-state index contributed by atoms with van der Waals surface area (Å²) in [6.07, 6.45) is 20.1. The molecule has 2 nitrogen and oxygen atoms in total. The summed E-state index contributed by atoms with van der Waals surface area (Å²) in [6, 6.07) is 18.0. The van der Waals surface area contributed by atoms with E-state index in [4.69, 9.17) is 0 Å². The van der Waals surface area contributed by atoms with Crippen molar-refractivity contribution in [3.63, 3.8) is 0 Å². The SMILES string of the molecule is CCCCCCCc1ccc(CCc2cnc(-c3ccc(CCCCCC)cc3)cn2)cc1. The van der Waals surface area contributed by atoms with Gasteiger partial charge in [0.25, 0.3) is 0 Å². The zero-order valence-electron chi connectivity index (χ0n) is 20.9. The fourth-order valence-corrected chi connectivity index (χ4v) is 4.31. The lowest BCUT2D eigenvalue weighted by Gasteiger charge is -2.06. The highest BCUT2D eigenvalue weighted by atomic mass is 14.8. The highest BCUT2D eigenvalue weighted by molar-refractivity contribution is 5.58. The number of rotatable bonds is 15. The largest absolute Gasteiger partial charge is 0.257 e. The van der Waals surface area contributed by atoms with Gasteiger partial charge in [-0.3, -0.25) is 9.97 Å². The number of unbranched alkanes of at least 4 members (excludes halogenated alkanes) is 7. The normalized spacial score (nSPS) is 11.1. The van der Waals surface area contributed by atoms with Crippen LogP contribution >= 0.6 is 0 Å². The molecule has 0 aliphatic carbocycles. The van der Waals surface area contributed by atoms with Crippen LogP contribution in [-0.2, 0) is 25.7 Å². The van der Waals surface area contributed by atoms with Crippen LogP contribution < -0.4 is 0 Å². The molecule has 1 aromatic heterocycles. The molecule has 176 valence electrons. The number of benzene rings is 2. The van der Waals surface area contributed by atoms with Crippen molar-refractivity contribution in [2.45, 2.75) is 97.3 Å². The minimum absolute atomic E-state index is 0.931. The Morgan fingerprint density at radius 2 is 1.00 bits per heavy atom. The monoisotopic (exact) mass is 442 g/mol. The first-order valence-electron chi connectivity index (χ1n) is 13.3. The van der Waals surface area contributed by atoms with Crippen molar-refractivity contribution >= 4 is 0 Å². The Bertz CT molecular complexity index is 895. The molecule has 33 heavy (non-hydrogen) atoms. The van der Waals surface area contributed by atoms with Gasteiger partial charge in [-0.15, -0.1) is 0 Å². The summed E-state index contributed by atoms with van der Waals surface area (Å²) in [4.78, 5) is 9.37. The van der Waals surface area contributed by atoms with Gasteiger partial charge in [-0.2, -0.15) is 0 Å². The van der Waals surface area contributed by atoms with Crippen LogP contribution in [0.2, 0.25) is 0 Å². The Kier molecular flexibility index (Phi) is 11.1. The van der Waals surface area contributed by atoms with E-state index < -0.39 is 0 Å². The first kappa shape index (κ1) is 25.1. The van der Waals surface area contributed by atoms with Crippen molar-refractivity contribution in [3.8, 4) is 11.3 Å². The quantitative estimate of drug-likeness (QED) is 0.220. The number of aromatic nitrogens is 2. The molecule has 0 unspecified atom stereocenters. The van der Waals surface area contributed by atoms with Gasteiger partial charge in [0.2, 0.25) is 0 Å². The van der Waals surface area contributed by atoms with E-state index in [9.17, 15) is 0 Å².